The number of aryl methyl sites for hydroxylation is 1. The molecular formula is C14H19NO4S. The number of carboxylic acids is 1. The zero-order valence-corrected chi connectivity index (χ0v) is 12.2. The van der Waals surface area contributed by atoms with Gasteiger partial charge in [0.25, 0.3) is 0 Å². The van der Waals surface area contributed by atoms with Crippen molar-refractivity contribution in [2.75, 3.05) is 5.75 Å². The molecule has 0 bridgehead atoms. The number of aliphatic carboxylic acids is 1. The number of nitrogens with one attached hydrogen (secondary N) is 1. The molecule has 0 aliphatic heterocycles. The van der Waals surface area contributed by atoms with Gasteiger partial charge in [0.1, 0.15) is 5.54 Å². The van der Waals surface area contributed by atoms with Crippen LogP contribution in [0.1, 0.15) is 25.3 Å². The standard InChI is InChI=1S/C14H19NO4S/c1-14(13(16)17,12-7-8-12)15-20(18,19)10-9-11-5-3-2-4-6-11/h2-6,12,15H,7-10H2,1H3,(H,16,17). The number of rotatable bonds is 7. The Hall–Kier alpha value is -1.40. The first-order valence-electron chi connectivity index (χ1n) is 6.62. The minimum Gasteiger partial charge on any atom is -0.480 e. The number of carboxylic acid groups (broad SMARTS) is 1. The van der Waals surface area contributed by atoms with Crippen LogP contribution in [-0.2, 0) is 21.2 Å². The molecule has 1 fully saturated rings. The van der Waals surface area contributed by atoms with Crippen molar-refractivity contribution in [3.05, 3.63) is 35.9 Å². The number of sulfonamides is 1. The summed E-state index contributed by atoms with van der Waals surface area (Å²) in [7, 11) is -3.62. The third kappa shape index (κ3) is 3.58. The summed E-state index contributed by atoms with van der Waals surface area (Å²) < 4.78 is 26.5. The van der Waals surface area contributed by atoms with E-state index in [4.69, 9.17) is 0 Å². The van der Waals surface area contributed by atoms with E-state index < -0.39 is 21.5 Å². The lowest BCUT2D eigenvalue weighted by molar-refractivity contribution is -0.144. The second kappa shape index (κ2) is 5.54. The highest BCUT2D eigenvalue weighted by Gasteiger charge is 2.49. The first-order chi connectivity index (χ1) is 9.33. The maximum Gasteiger partial charge on any atom is 0.324 e. The quantitative estimate of drug-likeness (QED) is 0.797. The van der Waals surface area contributed by atoms with Crippen molar-refractivity contribution in [2.45, 2.75) is 31.7 Å². The predicted molar refractivity (Wildman–Crippen MR) is 75.8 cm³/mol. The molecule has 20 heavy (non-hydrogen) atoms. The molecule has 1 aliphatic rings. The van der Waals surface area contributed by atoms with Gasteiger partial charge >= 0.3 is 5.97 Å². The lowest BCUT2D eigenvalue weighted by atomic mass is 9.98. The van der Waals surface area contributed by atoms with E-state index in [0.717, 1.165) is 18.4 Å². The lowest BCUT2D eigenvalue weighted by Crippen LogP contribution is -2.54. The van der Waals surface area contributed by atoms with Crippen molar-refractivity contribution in [3.63, 3.8) is 0 Å². The maximum absolute atomic E-state index is 12.1. The van der Waals surface area contributed by atoms with Gasteiger partial charge in [-0.25, -0.2) is 8.42 Å². The molecule has 0 saturated heterocycles. The molecule has 6 heteroatoms. The Bertz CT molecular complexity index is 580. The monoisotopic (exact) mass is 297 g/mol. The molecule has 0 radical (unpaired) electrons. The van der Waals surface area contributed by atoms with E-state index in [2.05, 4.69) is 4.72 Å². The number of hydrogen-bond donors (Lipinski definition) is 2. The predicted octanol–water partition coefficient (Wildman–Crippen LogP) is 1.40. The minimum atomic E-state index is -3.62. The summed E-state index contributed by atoms with van der Waals surface area (Å²) in [5, 5.41) is 9.26. The average molecular weight is 297 g/mol. The van der Waals surface area contributed by atoms with Crippen LogP contribution in [0.3, 0.4) is 0 Å². The van der Waals surface area contributed by atoms with Crippen molar-refractivity contribution in [2.24, 2.45) is 5.92 Å². The molecule has 110 valence electrons. The third-order valence-corrected chi connectivity index (χ3v) is 5.18. The van der Waals surface area contributed by atoms with E-state index in [0.29, 0.717) is 6.42 Å². The van der Waals surface area contributed by atoms with Crippen molar-refractivity contribution < 1.29 is 18.3 Å². The van der Waals surface area contributed by atoms with Gasteiger partial charge in [0, 0.05) is 0 Å². The van der Waals surface area contributed by atoms with E-state index >= 15 is 0 Å². The molecule has 0 spiro atoms. The highest BCUT2D eigenvalue weighted by molar-refractivity contribution is 7.89. The van der Waals surface area contributed by atoms with Gasteiger partial charge in [0.05, 0.1) is 5.75 Å². The van der Waals surface area contributed by atoms with Gasteiger partial charge in [-0.2, -0.15) is 4.72 Å². The van der Waals surface area contributed by atoms with Crippen LogP contribution in [0.4, 0.5) is 0 Å². The Morgan fingerprint density at radius 2 is 1.95 bits per heavy atom. The molecule has 2 rings (SSSR count). The van der Waals surface area contributed by atoms with Crippen LogP contribution in [0, 0.1) is 5.92 Å². The van der Waals surface area contributed by atoms with Gasteiger partial charge in [-0.3, -0.25) is 4.79 Å². The SMILES string of the molecule is CC(NS(=O)(=O)CCc1ccccc1)(C(=O)O)C1CC1. The molecule has 2 N–H and O–H groups in total. The number of hydrogen-bond acceptors (Lipinski definition) is 3. The Labute approximate surface area is 119 Å². The molecule has 1 atom stereocenters. The van der Waals surface area contributed by atoms with Crippen LogP contribution >= 0.6 is 0 Å². The first-order valence-corrected chi connectivity index (χ1v) is 8.28. The Morgan fingerprint density at radius 3 is 2.45 bits per heavy atom. The summed E-state index contributed by atoms with van der Waals surface area (Å²) in [5.74, 6) is -1.32. The van der Waals surface area contributed by atoms with E-state index in [9.17, 15) is 18.3 Å². The van der Waals surface area contributed by atoms with Crippen LogP contribution < -0.4 is 4.72 Å². The molecular weight excluding hydrogens is 278 g/mol. The molecule has 1 aromatic carbocycles. The molecule has 0 aromatic heterocycles. The molecule has 1 aromatic rings. The largest absolute Gasteiger partial charge is 0.480 e. The van der Waals surface area contributed by atoms with Gasteiger partial charge in [0.15, 0.2) is 0 Å². The molecule has 0 heterocycles. The Balaban J connectivity index is 2.01. The highest BCUT2D eigenvalue weighted by atomic mass is 32.2. The maximum atomic E-state index is 12.1. The lowest BCUT2D eigenvalue weighted by Gasteiger charge is -2.25. The van der Waals surface area contributed by atoms with Crippen LogP contribution in [0.25, 0.3) is 0 Å². The Kier molecular flexibility index (Phi) is 4.15. The smallest absolute Gasteiger partial charge is 0.324 e. The molecule has 1 unspecified atom stereocenters. The summed E-state index contributed by atoms with van der Waals surface area (Å²) in [6, 6.07) is 9.27. The van der Waals surface area contributed by atoms with Gasteiger partial charge in [-0.1, -0.05) is 30.3 Å². The van der Waals surface area contributed by atoms with Crippen LogP contribution in [0.2, 0.25) is 0 Å². The highest BCUT2D eigenvalue weighted by Crippen LogP contribution is 2.40. The summed E-state index contributed by atoms with van der Waals surface area (Å²) >= 11 is 0. The van der Waals surface area contributed by atoms with E-state index in [-0.39, 0.29) is 11.7 Å². The van der Waals surface area contributed by atoms with Crippen LogP contribution in [0.5, 0.6) is 0 Å². The van der Waals surface area contributed by atoms with Crippen molar-refractivity contribution in [1.29, 1.82) is 0 Å². The van der Waals surface area contributed by atoms with Gasteiger partial charge < -0.3 is 5.11 Å². The van der Waals surface area contributed by atoms with Gasteiger partial charge in [-0.05, 0) is 37.7 Å². The van der Waals surface area contributed by atoms with Crippen LogP contribution in [0.15, 0.2) is 30.3 Å². The van der Waals surface area contributed by atoms with Gasteiger partial charge in [-0.15, -0.1) is 0 Å². The second-order valence-electron chi connectivity index (χ2n) is 5.44. The van der Waals surface area contributed by atoms with Crippen LogP contribution in [-0.4, -0.2) is 30.8 Å². The van der Waals surface area contributed by atoms with Gasteiger partial charge in [0.2, 0.25) is 10.0 Å². The summed E-state index contributed by atoms with van der Waals surface area (Å²) in [6.07, 6.45) is 1.88. The number of benzene rings is 1. The molecule has 1 saturated carbocycles. The topological polar surface area (TPSA) is 83.5 Å². The fourth-order valence-electron chi connectivity index (χ4n) is 2.23. The normalized spacial score (nSPS) is 18.4. The number of carbonyl (C=O) groups is 1. The minimum absolute atomic E-state index is 0.105. The fraction of sp³-hybridized carbons (Fsp3) is 0.500. The average Bonchev–Trinajstić information content (AvgIpc) is 3.21. The molecule has 1 aliphatic carbocycles. The zero-order chi connectivity index (χ0) is 14.8. The molecule has 5 nitrogen and oxygen atoms in total. The van der Waals surface area contributed by atoms with E-state index in [1.54, 1.807) is 0 Å². The first kappa shape index (κ1) is 15.0. The van der Waals surface area contributed by atoms with E-state index in [1.165, 1.54) is 6.92 Å². The van der Waals surface area contributed by atoms with Crippen molar-refractivity contribution in [1.82, 2.24) is 4.72 Å². The Morgan fingerprint density at radius 1 is 1.35 bits per heavy atom. The second-order valence-corrected chi connectivity index (χ2v) is 7.28. The summed E-state index contributed by atoms with van der Waals surface area (Å²) in [5.41, 5.74) is -0.462. The summed E-state index contributed by atoms with van der Waals surface area (Å²) in [4.78, 5) is 11.3. The zero-order valence-electron chi connectivity index (χ0n) is 11.4. The van der Waals surface area contributed by atoms with Crippen molar-refractivity contribution in [3.8, 4) is 0 Å². The molecule has 0 amide bonds. The van der Waals surface area contributed by atoms with E-state index in [1.807, 2.05) is 30.3 Å². The third-order valence-electron chi connectivity index (χ3n) is 3.71. The fourth-order valence-corrected chi connectivity index (χ4v) is 3.74. The van der Waals surface area contributed by atoms with Crippen molar-refractivity contribution >= 4 is 16.0 Å². The summed E-state index contributed by atoms with van der Waals surface area (Å²) in [6.45, 7) is 1.45.